The molecule has 0 bridgehead atoms. The summed E-state index contributed by atoms with van der Waals surface area (Å²) in [5, 5.41) is 57.0. The third-order valence-corrected chi connectivity index (χ3v) is 8.35. The van der Waals surface area contributed by atoms with Gasteiger partial charge in [0.25, 0.3) is 0 Å². The maximum Gasteiger partial charge on any atom is 0.305 e. The zero-order valence-electron chi connectivity index (χ0n) is 33.8. The number of nitrogens with one attached hydrogen (secondary N) is 8. The standard InChI is InChI=1S/C34H58N10O15/c1-13(2)24(27(36)52)42-28(53)15(5)37-29(54)18(8-9-22(35)49)39-31(56)20(11-45)41-34(59)26(16(6)47)44-32(57)21(12-46)40-33(58)25(14(3)4)43-30(55)19(10-23(50)51)38-17(7)48/h13-16,18-21,24-26,45-47H,8-12H2,1-7H3,(H2,35,49)(H2,36,52)(H,37,54)(H,38,48)(H,39,56)(H,40,58)(H,41,59)(H,42,53)(H,43,55)(H,44,57)(H,50,51)/t15-,16+,18-,19-,20-,21-,24-,25-,26-/m0/s1. The van der Waals surface area contributed by atoms with E-state index in [1.54, 1.807) is 13.8 Å². The van der Waals surface area contributed by atoms with Crippen LogP contribution in [0.25, 0.3) is 0 Å². The first-order valence-corrected chi connectivity index (χ1v) is 18.4. The Hall–Kier alpha value is -5.95. The Balaban J connectivity index is 5.96. The monoisotopic (exact) mass is 846 g/mol. The zero-order valence-corrected chi connectivity index (χ0v) is 33.8. The third-order valence-electron chi connectivity index (χ3n) is 8.35. The third kappa shape index (κ3) is 18.9. The lowest BCUT2D eigenvalue weighted by molar-refractivity contribution is -0.141. The smallest absolute Gasteiger partial charge is 0.305 e. The predicted octanol–water partition coefficient (Wildman–Crippen LogP) is -7.19. The van der Waals surface area contributed by atoms with Crippen molar-refractivity contribution in [1.82, 2.24) is 42.5 Å². The number of hydrogen-bond acceptors (Lipinski definition) is 14. The Bertz CT molecular complexity index is 1540. The molecule has 0 rings (SSSR count). The van der Waals surface area contributed by atoms with Gasteiger partial charge in [-0.25, -0.2) is 0 Å². The van der Waals surface area contributed by atoms with E-state index in [-0.39, 0.29) is 0 Å². The van der Waals surface area contributed by atoms with Crippen molar-refractivity contribution in [3.63, 3.8) is 0 Å². The fourth-order valence-corrected chi connectivity index (χ4v) is 5.04. The number of carboxylic acid groups (broad SMARTS) is 1. The highest BCUT2D eigenvalue weighted by atomic mass is 16.4. The Labute approximate surface area is 339 Å². The van der Waals surface area contributed by atoms with Gasteiger partial charge >= 0.3 is 5.97 Å². The van der Waals surface area contributed by atoms with Crippen molar-refractivity contribution in [2.75, 3.05) is 13.2 Å². The zero-order chi connectivity index (χ0) is 45.9. The molecule has 16 N–H and O–H groups in total. The van der Waals surface area contributed by atoms with Gasteiger partial charge in [-0.3, -0.25) is 52.7 Å². The van der Waals surface area contributed by atoms with Crippen LogP contribution in [0, 0.1) is 11.8 Å². The van der Waals surface area contributed by atoms with E-state index in [0.29, 0.717) is 0 Å². The van der Waals surface area contributed by atoms with Gasteiger partial charge in [0, 0.05) is 13.3 Å². The molecule has 0 aliphatic rings. The van der Waals surface area contributed by atoms with Gasteiger partial charge in [0.2, 0.25) is 59.1 Å². The molecule has 0 aliphatic heterocycles. The lowest BCUT2D eigenvalue weighted by Gasteiger charge is -2.28. The number of carbonyl (C=O) groups excluding carboxylic acids is 10. The number of hydrogen-bond donors (Lipinski definition) is 14. The topological polar surface area (TPSA) is 417 Å². The molecule has 0 heterocycles. The van der Waals surface area contributed by atoms with Crippen molar-refractivity contribution < 1.29 is 73.2 Å². The van der Waals surface area contributed by atoms with E-state index in [2.05, 4.69) is 42.5 Å². The van der Waals surface area contributed by atoms with E-state index < -0.39 is 164 Å². The fraction of sp³-hybridized carbons (Fsp3) is 0.676. The minimum Gasteiger partial charge on any atom is -0.481 e. The summed E-state index contributed by atoms with van der Waals surface area (Å²) in [6.07, 6.45) is -3.41. The van der Waals surface area contributed by atoms with Crippen LogP contribution in [0.5, 0.6) is 0 Å². The summed E-state index contributed by atoms with van der Waals surface area (Å²) >= 11 is 0. The Morgan fingerprint density at radius 3 is 1.32 bits per heavy atom. The molecule has 59 heavy (non-hydrogen) atoms. The molecule has 0 aromatic carbocycles. The molecule has 0 spiro atoms. The highest BCUT2D eigenvalue weighted by molar-refractivity contribution is 5.98. The van der Waals surface area contributed by atoms with Gasteiger partial charge in [-0.05, 0) is 32.1 Å². The van der Waals surface area contributed by atoms with Gasteiger partial charge in [-0.15, -0.1) is 0 Å². The first-order chi connectivity index (χ1) is 27.3. The van der Waals surface area contributed by atoms with Crippen LogP contribution in [0.3, 0.4) is 0 Å². The SMILES string of the molecule is CC(=O)N[C@@H](CC(=O)O)C(=O)N[C@H](C(=O)N[C@@H](CO)C(=O)N[C@H](C(=O)N[C@@H](CO)C(=O)N[C@@H](CCC(N)=O)C(=O)N[C@@H](C)C(=O)N[C@H](C(N)=O)C(C)C)[C@@H](C)O)C(C)C. The van der Waals surface area contributed by atoms with Gasteiger partial charge < -0.3 is 74.4 Å². The summed E-state index contributed by atoms with van der Waals surface area (Å²) in [6, 6.07) is -12.6. The normalized spacial score (nSPS) is 15.6. The number of aliphatic hydroxyl groups excluding tert-OH is 3. The number of carbonyl (C=O) groups is 11. The summed E-state index contributed by atoms with van der Waals surface area (Å²) in [6.45, 7) is 7.33. The average molecular weight is 847 g/mol. The molecular weight excluding hydrogens is 788 g/mol. The van der Waals surface area contributed by atoms with Gasteiger partial charge in [-0.2, -0.15) is 0 Å². The maximum atomic E-state index is 13.2. The van der Waals surface area contributed by atoms with Crippen molar-refractivity contribution in [2.45, 2.75) is 122 Å². The lowest BCUT2D eigenvalue weighted by Crippen LogP contribution is -2.63. The number of nitrogens with two attached hydrogens (primary N) is 2. The minimum absolute atomic E-state index is 0.402. The van der Waals surface area contributed by atoms with Crippen LogP contribution in [-0.2, 0) is 52.7 Å². The molecule has 10 amide bonds. The van der Waals surface area contributed by atoms with Crippen LogP contribution in [0.2, 0.25) is 0 Å². The largest absolute Gasteiger partial charge is 0.481 e. The number of amides is 10. The average Bonchev–Trinajstić information content (AvgIpc) is 3.12. The molecule has 25 nitrogen and oxygen atoms in total. The van der Waals surface area contributed by atoms with E-state index in [4.69, 9.17) is 16.6 Å². The Kier molecular flexibility index (Phi) is 22.9. The second-order valence-corrected chi connectivity index (χ2v) is 14.2. The number of rotatable bonds is 26. The highest BCUT2D eigenvalue weighted by Gasteiger charge is 2.36. The Morgan fingerprint density at radius 1 is 0.508 bits per heavy atom. The van der Waals surface area contributed by atoms with Gasteiger partial charge in [-0.1, -0.05) is 27.7 Å². The molecule has 0 radical (unpaired) electrons. The van der Waals surface area contributed by atoms with Gasteiger partial charge in [0.05, 0.1) is 25.7 Å². The van der Waals surface area contributed by atoms with E-state index in [0.717, 1.165) is 13.8 Å². The summed E-state index contributed by atoms with van der Waals surface area (Å²) in [5.74, 6) is -12.6. The van der Waals surface area contributed by atoms with Crippen molar-refractivity contribution >= 4 is 65.0 Å². The summed E-state index contributed by atoms with van der Waals surface area (Å²) < 4.78 is 0. The van der Waals surface area contributed by atoms with E-state index >= 15 is 0 Å². The molecule has 0 aliphatic carbocycles. The van der Waals surface area contributed by atoms with Crippen molar-refractivity contribution in [3.8, 4) is 0 Å². The summed E-state index contributed by atoms with van der Waals surface area (Å²) in [5.41, 5.74) is 10.5. The molecule has 0 saturated carbocycles. The second kappa shape index (κ2) is 25.4. The predicted molar refractivity (Wildman–Crippen MR) is 202 cm³/mol. The molecule has 334 valence electrons. The molecule has 0 aromatic heterocycles. The minimum atomic E-state index is -1.91. The summed E-state index contributed by atoms with van der Waals surface area (Å²) in [4.78, 5) is 137. The van der Waals surface area contributed by atoms with Crippen LogP contribution in [0.4, 0.5) is 0 Å². The molecule has 9 atom stereocenters. The molecule has 25 heteroatoms. The van der Waals surface area contributed by atoms with Crippen molar-refractivity contribution in [3.05, 3.63) is 0 Å². The first kappa shape index (κ1) is 53.0. The van der Waals surface area contributed by atoms with E-state index in [1.165, 1.54) is 20.8 Å². The van der Waals surface area contributed by atoms with Crippen LogP contribution >= 0.6 is 0 Å². The number of primary amides is 2. The van der Waals surface area contributed by atoms with Crippen LogP contribution < -0.4 is 54.0 Å². The van der Waals surface area contributed by atoms with Crippen LogP contribution in [0.15, 0.2) is 0 Å². The molecule has 0 fully saturated rings. The van der Waals surface area contributed by atoms with Crippen LogP contribution in [0.1, 0.15) is 67.7 Å². The number of aliphatic carboxylic acids is 1. The molecule has 0 aromatic rings. The second-order valence-electron chi connectivity index (χ2n) is 14.2. The molecular formula is C34H58N10O15. The van der Waals surface area contributed by atoms with Crippen molar-refractivity contribution in [2.24, 2.45) is 23.3 Å². The van der Waals surface area contributed by atoms with Gasteiger partial charge in [0.1, 0.15) is 48.3 Å². The quantitative estimate of drug-likeness (QED) is 0.0385. The number of carboxylic acids is 1. The Morgan fingerprint density at radius 2 is 0.915 bits per heavy atom. The summed E-state index contributed by atoms with van der Waals surface area (Å²) in [7, 11) is 0. The number of aliphatic hydroxyl groups is 3. The maximum absolute atomic E-state index is 13.2. The van der Waals surface area contributed by atoms with Gasteiger partial charge in [0.15, 0.2) is 0 Å². The molecule has 0 unspecified atom stereocenters. The van der Waals surface area contributed by atoms with E-state index in [9.17, 15) is 68.1 Å². The molecule has 0 saturated heterocycles. The first-order valence-electron chi connectivity index (χ1n) is 18.4. The lowest BCUT2D eigenvalue weighted by atomic mass is 10.0. The fourth-order valence-electron chi connectivity index (χ4n) is 5.04. The van der Waals surface area contributed by atoms with Crippen LogP contribution in [-0.4, -0.2) is 153 Å². The van der Waals surface area contributed by atoms with E-state index in [1.807, 2.05) is 0 Å². The van der Waals surface area contributed by atoms with Crippen molar-refractivity contribution in [1.29, 1.82) is 0 Å². The highest BCUT2D eigenvalue weighted by Crippen LogP contribution is 2.07.